The molecular weight excluding hydrogens is 376 g/mol. The molecule has 0 aliphatic heterocycles. The molecular formula is C19H14Cl2FN3O. The summed E-state index contributed by atoms with van der Waals surface area (Å²) in [5.41, 5.74) is 1.77. The van der Waals surface area contributed by atoms with Crippen LogP contribution in [0.25, 0.3) is 0 Å². The largest absolute Gasteiger partial charge is 0.339 e. The number of halogens is 3. The standard InChI is InChI=1S/C19H14Cl2FN3O/c20-15-5-2-6-16(19(15)21)25-17-8-7-14(11-23-17)24-18(26)10-12-3-1-4-13(22)9-12/h1-9,11H,10H2,(H,23,25)(H,24,26). The van der Waals surface area contributed by atoms with Crippen LogP contribution in [0.4, 0.5) is 21.6 Å². The van der Waals surface area contributed by atoms with Gasteiger partial charge in [-0.2, -0.15) is 0 Å². The summed E-state index contributed by atoms with van der Waals surface area (Å²) in [6, 6.07) is 14.6. The van der Waals surface area contributed by atoms with Crippen LogP contribution in [0.3, 0.4) is 0 Å². The number of carbonyl (C=O) groups is 1. The van der Waals surface area contributed by atoms with Crippen molar-refractivity contribution >= 4 is 46.3 Å². The van der Waals surface area contributed by atoms with Gasteiger partial charge in [-0.1, -0.05) is 41.4 Å². The average molecular weight is 390 g/mol. The zero-order chi connectivity index (χ0) is 18.5. The predicted molar refractivity (Wildman–Crippen MR) is 103 cm³/mol. The van der Waals surface area contributed by atoms with Crippen molar-refractivity contribution in [3.8, 4) is 0 Å². The van der Waals surface area contributed by atoms with E-state index in [9.17, 15) is 9.18 Å². The molecule has 0 radical (unpaired) electrons. The van der Waals surface area contributed by atoms with Crippen molar-refractivity contribution in [2.45, 2.75) is 6.42 Å². The lowest BCUT2D eigenvalue weighted by Gasteiger charge is -2.10. The predicted octanol–water partition coefficient (Wildman–Crippen LogP) is 5.45. The molecule has 0 aliphatic carbocycles. The molecule has 0 atom stereocenters. The summed E-state index contributed by atoms with van der Waals surface area (Å²) in [7, 11) is 0. The molecule has 0 fully saturated rings. The Morgan fingerprint density at radius 1 is 1.08 bits per heavy atom. The Balaban J connectivity index is 1.62. The smallest absolute Gasteiger partial charge is 0.228 e. The Labute approximate surface area is 160 Å². The van der Waals surface area contributed by atoms with E-state index in [1.807, 2.05) is 0 Å². The number of hydrogen-bond donors (Lipinski definition) is 2. The van der Waals surface area contributed by atoms with Crippen molar-refractivity contribution in [3.63, 3.8) is 0 Å². The fourth-order valence-corrected chi connectivity index (χ4v) is 2.67. The minimum atomic E-state index is -0.368. The number of hydrogen-bond acceptors (Lipinski definition) is 3. The maximum absolute atomic E-state index is 13.2. The average Bonchev–Trinajstić information content (AvgIpc) is 2.60. The van der Waals surface area contributed by atoms with Crippen molar-refractivity contribution in [1.29, 1.82) is 0 Å². The summed E-state index contributed by atoms with van der Waals surface area (Å²) in [5.74, 6) is -0.0691. The highest BCUT2D eigenvalue weighted by atomic mass is 35.5. The number of nitrogens with zero attached hydrogens (tertiary/aromatic N) is 1. The molecule has 0 saturated carbocycles. The first-order chi connectivity index (χ1) is 12.5. The topological polar surface area (TPSA) is 54.0 Å². The fraction of sp³-hybridized carbons (Fsp3) is 0.0526. The van der Waals surface area contributed by atoms with Crippen LogP contribution in [-0.2, 0) is 11.2 Å². The molecule has 0 saturated heterocycles. The van der Waals surface area contributed by atoms with Gasteiger partial charge in [0.05, 0.1) is 34.0 Å². The Hall–Kier alpha value is -2.63. The number of nitrogens with one attached hydrogen (secondary N) is 2. The highest BCUT2D eigenvalue weighted by Crippen LogP contribution is 2.31. The van der Waals surface area contributed by atoms with Crippen LogP contribution in [0, 0.1) is 5.82 Å². The van der Waals surface area contributed by atoms with Gasteiger partial charge in [-0.05, 0) is 42.0 Å². The Morgan fingerprint density at radius 2 is 1.88 bits per heavy atom. The van der Waals surface area contributed by atoms with Crippen LogP contribution < -0.4 is 10.6 Å². The van der Waals surface area contributed by atoms with Gasteiger partial charge >= 0.3 is 0 Å². The van der Waals surface area contributed by atoms with Crippen molar-refractivity contribution in [3.05, 3.63) is 82.2 Å². The van der Waals surface area contributed by atoms with Crippen molar-refractivity contribution in [1.82, 2.24) is 4.98 Å². The molecule has 3 rings (SSSR count). The van der Waals surface area contributed by atoms with E-state index in [1.54, 1.807) is 42.5 Å². The van der Waals surface area contributed by atoms with Crippen molar-refractivity contribution < 1.29 is 9.18 Å². The van der Waals surface area contributed by atoms with E-state index in [0.29, 0.717) is 32.8 Å². The van der Waals surface area contributed by atoms with Crippen LogP contribution >= 0.6 is 23.2 Å². The molecule has 1 heterocycles. The van der Waals surface area contributed by atoms with Gasteiger partial charge in [0.15, 0.2) is 0 Å². The second-order valence-electron chi connectivity index (χ2n) is 5.51. The molecule has 3 aromatic rings. The highest BCUT2D eigenvalue weighted by molar-refractivity contribution is 6.43. The van der Waals surface area contributed by atoms with Gasteiger partial charge in [0.2, 0.25) is 5.91 Å². The SMILES string of the molecule is O=C(Cc1cccc(F)c1)Nc1ccc(Nc2cccc(Cl)c2Cl)nc1. The lowest BCUT2D eigenvalue weighted by atomic mass is 10.1. The Morgan fingerprint density at radius 3 is 2.62 bits per heavy atom. The van der Waals surface area contributed by atoms with E-state index in [4.69, 9.17) is 23.2 Å². The minimum absolute atomic E-state index is 0.0792. The third kappa shape index (κ3) is 4.71. The molecule has 1 aromatic heterocycles. The molecule has 2 aromatic carbocycles. The number of benzene rings is 2. The first kappa shape index (κ1) is 18.2. The minimum Gasteiger partial charge on any atom is -0.339 e. The Bertz CT molecular complexity index is 932. The summed E-state index contributed by atoms with van der Waals surface area (Å²) in [5, 5.41) is 6.63. The zero-order valence-corrected chi connectivity index (χ0v) is 15.0. The van der Waals surface area contributed by atoms with Crippen molar-refractivity contribution in [2.75, 3.05) is 10.6 Å². The summed E-state index contributed by atoms with van der Waals surface area (Å²) in [6.07, 6.45) is 1.60. The third-order valence-electron chi connectivity index (χ3n) is 3.52. The lowest BCUT2D eigenvalue weighted by molar-refractivity contribution is -0.115. The monoisotopic (exact) mass is 389 g/mol. The highest BCUT2D eigenvalue weighted by Gasteiger charge is 2.07. The van der Waals surface area contributed by atoms with Gasteiger partial charge < -0.3 is 10.6 Å². The van der Waals surface area contributed by atoms with E-state index >= 15 is 0 Å². The van der Waals surface area contributed by atoms with E-state index in [0.717, 1.165) is 0 Å². The second-order valence-corrected chi connectivity index (χ2v) is 6.30. The number of anilines is 3. The number of rotatable bonds is 5. The van der Waals surface area contributed by atoms with E-state index < -0.39 is 0 Å². The Kier molecular flexibility index (Phi) is 5.71. The summed E-state index contributed by atoms with van der Waals surface area (Å²) in [4.78, 5) is 16.3. The molecule has 26 heavy (non-hydrogen) atoms. The van der Waals surface area contributed by atoms with Gasteiger partial charge in [-0.15, -0.1) is 0 Å². The van der Waals surface area contributed by atoms with Crippen LogP contribution in [-0.4, -0.2) is 10.9 Å². The van der Waals surface area contributed by atoms with E-state index in [-0.39, 0.29) is 18.1 Å². The quantitative estimate of drug-likeness (QED) is 0.609. The number of carbonyl (C=O) groups excluding carboxylic acids is 1. The zero-order valence-electron chi connectivity index (χ0n) is 13.5. The van der Waals surface area contributed by atoms with Crippen LogP contribution in [0.5, 0.6) is 0 Å². The molecule has 2 N–H and O–H groups in total. The first-order valence-corrected chi connectivity index (χ1v) is 8.48. The summed E-state index contributed by atoms with van der Waals surface area (Å²) >= 11 is 12.1. The van der Waals surface area contributed by atoms with Crippen LogP contribution in [0.15, 0.2) is 60.8 Å². The second kappa shape index (κ2) is 8.17. The normalized spacial score (nSPS) is 10.4. The van der Waals surface area contributed by atoms with Gasteiger partial charge in [0, 0.05) is 0 Å². The van der Waals surface area contributed by atoms with Crippen molar-refractivity contribution in [2.24, 2.45) is 0 Å². The molecule has 0 spiro atoms. The van der Waals surface area contributed by atoms with E-state index in [1.165, 1.54) is 18.3 Å². The number of pyridine rings is 1. The van der Waals surface area contributed by atoms with E-state index in [2.05, 4.69) is 15.6 Å². The third-order valence-corrected chi connectivity index (χ3v) is 4.33. The number of aromatic nitrogens is 1. The number of amides is 1. The molecule has 1 amide bonds. The maximum atomic E-state index is 13.2. The molecule has 7 heteroatoms. The molecule has 0 bridgehead atoms. The molecule has 4 nitrogen and oxygen atoms in total. The lowest BCUT2D eigenvalue weighted by Crippen LogP contribution is -2.14. The van der Waals surface area contributed by atoms with Gasteiger partial charge in [-0.25, -0.2) is 9.37 Å². The van der Waals surface area contributed by atoms with Gasteiger partial charge in [-0.3, -0.25) is 4.79 Å². The van der Waals surface area contributed by atoms with Gasteiger partial charge in [0.1, 0.15) is 11.6 Å². The molecule has 132 valence electrons. The summed E-state index contributed by atoms with van der Waals surface area (Å²) < 4.78 is 13.2. The fourth-order valence-electron chi connectivity index (χ4n) is 2.32. The first-order valence-electron chi connectivity index (χ1n) is 7.72. The summed E-state index contributed by atoms with van der Waals surface area (Å²) in [6.45, 7) is 0. The molecule has 0 aliphatic rings. The molecule has 0 unspecified atom stereocenters. The van der Waals surface area contributed by atoms with Crippen LogP contribution in [0.1, 0.15) is 5.56 Å². The van der Waals surface area contributed by atoms with Crippen LogP contribution in [0.2, 0.25) is 10.0 Å². The maximum Gasteiger partial charge on any atom is 0.228 e. The van der Waals surface area contributed by atoms with Gasteiger partial charge in [0.25, 0.3) is 0 Å².